The van der Waals surface area contributed by atoms with Crippen LogP contribution < -0.4 is 10.5 Å². The number of halogens is 1. The number of hydrogen-bond donors (Lipinski definition) is 1. The van der Waals surface area contributed by atoms with Crippen molar-refractivity contribution in [3.63, 3.8) is 0 Å². The van der Waals surface area contributed by atoms with Crippen LogP contribution in [0.1, 0.15) is 26.1 Å². The van der Waals surface area contributed by atoms with Crippen LogP contribution in [0.25, 0.3) is 11.5 Å². The van der Waals surface area contributed by atoms with Crippen LogP contribution in [0.4, 0.5) is 4.39 Å². The Bertz CT molecular complexity index is 581. The monoisotopic (exact) mass is 265 g/mol. The Labute approximate surface area is 110 Å². The van der Waals surface area contributed by atoms with Gasteiger partial charge in [-0.05, 0) is 25.5 Å². The molecule has 1 unspecified atom stereocenters. The van der Waals surface area contributed by atoms with Gasteiger partial charge in [0.1, 0.15) is 17.1 Å². The highest BCUT2D eigenvalue weighted by Crippen LogP contribution is 2.32. The van der Waals surface area contributed by atoms with E-state index in [0.717, 1.165) is 0 Å². The second-order valence-corrected chi connectivity index (χ2v) is 4.51. The summed E-state index contributed by atoms with van der Waals surface area (Å²) < 4.78 is 24.1. The van der Waals surface area contributed by atoms with Crippen molar-refractivity contribution in [3.8, 4) is 17.2 Å². The molecule has 1 atom stereocenters. The molecule has 0 saturated carbocycles. The zero-order valence-corrected chi connectivity index (χ0v) is 11.1. The van der Waals surface area contributed by atoms with Crippen LogP contribution in [0.2, 0.25) is 0 Å². The van der Waals surface area contributed by atoms with Gasteiger partial charge >= 0.3 is 0 Å². The SMILES string of the molecule is CCC(C)(N)c1noc(-c2c(F)cccc2OC)n1. The molecule has 5 nitrogen and oxygen atoms in total. The van der Waals surface area contributed by atoms with Crippen molar-refractivity contribution in [1.29, 1.82) is 0 Å². The lowest BCUT2D eigenvalue weighted by Gasteiger charge is -2.16. The molecule has 0 aliphatic rings. The third-order valence-corrected chi connectivity index (χ3v) is 3.08. The number of hydrogen-bond acceptors (Lipinski definition) is 5. The van der Waals surface area contributed by atoms with E-state index in [4.69, 9.17) is 15.0 Å². The van der Waals surface area contributed by atoms with Crippen molar-refractivity contribution in [2.75, 3.05) is 7.11 Å². The van der Waals surface area contributed by atoms with Crippen LogP contribution in [0.15, 0.2) is 22.7 Å². The van der Waals surface area contributed by atoms with Crippen molar-refractivity contribution in [3.05, 3.63) is 29.8 Å². The highest BCUT2D eigenvalue weighted by atomic mass is 19.1. The van der Waals surface area contributed by atoms with Crippen LogP contribution in [-0.4, -0.2) is 17.3 Å². The van der Waals surface area contributed by atoms with Gasteiger partial charge in [-0.2, -0.15) is 4.98 Å². The molecule has 2 N–H and O–H groups in total. The molecule has 2 aromatic rings. The third kappa shape index (κ3) is 2.44. The van der Waals surface area contributed by atoms with Crippen molar-refractivity contribution >= 4 is 0 Å². The van der Waals surface area contributed by atoms with Crippen LogP contribution in [0, 0.1) is 5.82 Å². The van der Waals surface area contributed by atoms with Gasteiger partial charge in [-0.3, -0.25) is 0 Å². The smallest absolute Gasteiger partial charge is 0.264 e. The Hall–Kier alpha value is -1.95. The Morgan fingerprint density at radius 3 is 2.84 bits per heavy atom. The minimum absolute atomic E-state index is 0.0649. The number of rotatable bonds is 4. The number of ether oxygens (including phenoxy) is 1. The van der Waals surface area contributed by atoms with E-state index in [1.807, 2.05) is 6.92 Å². The van der Waals surface area contributed by atoms with E-state index < -0.39 is 11.4 Å². The number of nitrogens with zero attached hydrogens (tertiary/aromatic N) is 2. The van der Waals surface area contributed by atoms with Gasteiger partial charge in [-0.15, -0.1) is 0 Å². The maximum Gasteiger partial charge on any atom is 0.264 e. The summed E-state index contributed by atoms with van der Waals surface area (Å²) in [7, 11) is 1.45. The summed E-state index contributed by atoms with van der Waals surface area (Å²) in [5, 5.41) is 3.82. The van der Waals surface area contributed by atoms with Gasteiger partial charge in [0.15, 0.2) is 5.82 Å². The van der Waals surface area contributed by atoms with Gasteiger partial charge in [-0.1, -0.05) is 18.1 Å². The van der Waals surface area contributed by atoms with Gasteiger partial charge in [0.25, 0.3) is 5.89 Å². The van der Waals surface area contributed by atoms with E-state index >= 15 is 0 Å². The summed E-state index contributed by atoms with van der Waals surface area (Å²) in [4.78, 5) is 4.17. The molecule has 0 spiro atoms. The van der Waals surface area contributed by atoms with Crippen LogP contribution in [0.5, 0.6) is 5.75 Å². The Kier molecular flexibility index (Phi) is 3.53. The Morgan fingerprint density at radius 2 is 2.21 bits per heavy atom. The first-order valence-electron chi connectivity index (χ1n) is 5.95. The van der Waals surface area contributed by atoms with Crippen LogP contribution in [-0.2, 0) is 5.54 Å². The lowest BCUT2D eigenvalue weighted by molar-refractivity contribution is 0.374. The molecule has 2 rings (SSSR count). The summed E-state index contributed by atoms with van der Waals surface area (Å²) in [5.41, 5.74) is 5.47. The zero-order valence-electron chi connectivity index (χ0n) is 11.1. The van der Waals surface area contributed by atoms with Gasteiger partial charge in [0, 0.05) is 0 Å². The number of methoxy groups -OCH3 is 1. The molecule has 0 aliphatic carbocycles. The molecule has 0 radical (unpaired) electrons. The van der Waals surface area contributed by atoms with E-state index in [0.29, 0.717) is 18.0 Å². The van der Waals surface area contributed by atoms with Crippen molar-refractivity contribution in [2.24, 2.45) is 5.73 Å². The summed E-state index contributed by atoms with van der Waals surface area (Å²) >= 11 is 0. The van der Waals surface area contributed by atoms with Gasteiger partial charge in [0.05, 0.1) is 12.6 Å². The summed E-state index contributed by atoms with van der Waals surface area (Å²) in [5.74, 6) is 0.264. The highest BCUT2D eigenvalue weighted by molar-refractivity contribution is 5.63. The maximum absolute atomic E-state index is 13.9. The molecule has 102 valence electrons. The van der Waals surface area contributed by atoms with Gasteiger partial charge in [-0.25, -0.2) is 4.39 Å². The molecule has 0 saturated heterocycles. The van der Waals surface area contributed by atoms with Crippen LogP contribution >= 0.6 is 0 Å². The van der Waals surface area contributed by atoms with E-state index in [2.05, 4.69) is 10.1 Å². The van der Waals surface area contributed by atoms with Gasteiger partial charge in [0.2, 0.25) is 0 Å². The van der Waals surface area contributed by atoms with Crippen molar-refractivity contribution in [1.82, 2.24) is 10.1 Å². The fourth-order valence-corrected chi connectivity index (χ4v) is 1.60. The topological polar surface area (TPSA) is 74.2 Å². The fraction of sp³-hybridized carbons (Fsp3) is 0.385. The van der Waals surface area contributed by atoms with E-state index in [1.165, 1.54) is 13.2 Å². The molecule has 0 fully saturated rings. The molecular weight excluding hydrogens is 249 g/mol. The summed E-state index contributed by atoms with van der Waals surface area (Å²) in [6, 6.07) is 4.49. The molecule has 0 amide bonds. The van der Waals surface area contributed by atoms with Crippen LogP contribution in [0.3, 0.4) is 0 Å². The normalized spacial score (nSPS) is 14.2. The highest BCUT2D eigenvalue weighted by Gasteiger charge is 2.27. The third-order valence-electron chi connectivity index (χ3n) is 3.08. The summed E-state index contributed by atoms with van der Waals surface area (Å²) in [6.07, 6.45) is 0.639. The predicted molar refractivity (Wildman–Crippen MR) is 68.1 cm³/mol. The molecule has 19 heavy (non-hydrogen) atoms. The molecule has 1 aromatic heterocycles. The Morgan fingerprint density at radius 1 is 1.47 bits per heavy atom. The molecular formula is C13H16FN3O2. The summed E-state index contributed by atoms with van der Waals surface area (Å²) in [6.45, 7) is 3.71. The van der Waals surface area contributed by atoms with E-state index in [1.54, 1.807) is 19.1 Å². The van der Waals surface area contributed by atoms with Crippen molar-refractivity contribution in [2.45, 2.75) is 25.8 Å². The fourth-order valence-electron chi connectivity index (χ4n) is 1.60. The quantitative estimate of drug-likeness (QED) is 0.919. The molecule has 6 heteroatoms. The van der Waals surface area contributed by atoms with Gasteiger partial charge < -0.3 is 15.0 Å². The minimum atomic E-state index is -0.708. The van der Waals surface area contributed by atoms with Crippen molar-refractivity contribution < 1.29 is 13.7 Å². The lowest BCUT2D eigenvalue weighted by Crippen LogP contribution is -2.33. The van der Waals surface area contributed by atoms with E-state index in [-0.39, 0.29) is 11.5 Å². The molecule has 1 aromatic carbocycles. The molecule has 0 bridgehead atoms. The minimum Gasteiger partial charge on any atom is -0.496 e. The molecule has 0 aliphatic heterocycles. The first-order valence-corrected chi connectivity index (χ1v) is 5.95. The molecule has 1 heterocycles. The van der Waals surface area contributed by atoms with E-state index in [9.17, 15) is 4.39 Å². The number of nitrogens with two attached hydrogens (primary N) is 1. The predicted octanol–water partition coefficient (Wildman–Crippen LogP) is 2.47. The maximum atomic E-state index is 13.9. The zero-order chi connectivity index (χ0) is 14.0. The number of aromatic nitrogens is 2. The second-order valence-electron chi connectivity index (χ2n) is 4.51. The lowest BCUT2D eigenvalue weighted by atomic mass is 10.00. The number of benzene rings is 1. The largest absolute Gasteiger partial charge is 0.496 e. The first kappa shape index (κ1) is 13.5. The second kappa shape index (κ2) is 4.97. The average Bonchev–Trinajstić information content (AvgIpc) is 2.88. The Balaban J connectivity index is 2.50. The standard InChI is InChI=1S/C13H16FN3O2/c1-4-13(2,15)12-16-11(19-17-12)10-8(14)6-5-7-9(10)18-3/h5-7H,4,15H2,1-3H3. The average molecular weight is 265 g/mol. The first-order chi connectivity index (χ1) is 8.99.